The Balaban J connectivity index is 0.00000431. The lowest BCUT2D eigenvalue weighted by Crippen LogP contribution is -2.20. The molecule has 0 aliphatic rings. The topological polar surface area (TPSA) is 50.7 Å². The second kappa shape index (κ2) is 19.4. The van der Waals surface area contributed by atoms with Crippen molar-refractivity contribution in [3.63, 3.8) is 0 Å². The molecule has 6 heteroatoms. The van der Waals surface area contributed by atoms with E-state index in [4.69, 9.17) is 32.9 Å². The Morgan fingerprint density at radius 1 is 0.976 bits per heavy atom. The van der Waals surface area contributed by atoms with Gasteiger partial charge in [0.05, 0.1) is 16.7 Å². The summed E-state index contributed by atoms with van der Waals surface area (Å²) in [5.74, 6) is 2.49. The second-order valence-corrected chi connectivity index (χ2v) is 11.4. The van der Waals surface area contributed by atoms with Crippen molar-refractivity contribution in [1.82, 2.24) is 0 Å². The molecule has 0 heterocycles. The Labute approximate surface area is 265 Å². The zero-order chi connectivity index (χ0) is 31.8. The number of nitrogens with zero attached hydrogens (tertiary/aromatic N) is 1. The van der Waals surface area contributed by atoms with Gasteiger partial charge in [0.25, 0.3) is 0 Å². The lowest BCUT2D eigenvalue weighted by Gasteiger charge is -2.18. The number of anilines is 1. The van der Waals surface area contributed by atoms with Crippen molar-refractivity contribution in [1.29, 1.82) is 0 Å². The van der Waals surface area contributed by atoms with Crippen molar-refractivity contribution in [2.45, 2.75) is 81.6 Å². The summed E-state index contributed by atoms with van der Waals surface area (Å²) in [4.78, 5) is 17.7. The van der Waals surface area contributed by atoms with Crippen LogP contribution in [0.1, 0.15) is 87.1 Å². The number of ketones is 1. The van der Waals surface area contributed by atoms with E-state index in [1.54, 1.807) is 24.4 Å². The van der Waals surface area contributed by atoms with E-state index in [0.29, 0.717) is 33.7 Å². The van der Waals surface area contributed by atoms with E-state index in [1.807, 2.05) is 44.2 Å². The Hall–Kier alpha value is -2.82. The van der Waals surface area contributed by atoms with Crippen LogP contribution in [-0.2, 0) is 4.79 Å². The van der Waals surface area contributed by atoms with Crippen molar-refractivity contribution >= 4 is 46.1 Å². The van der Waals surface area contributed by atoms with Gasteiger partial charge in [-0.25, -0.2) is 4.99 Å². The molecule has 0 aliphatic heterocycles. The lowest BCUT2D eigenvalue weighted by molar-refractivity contribution is -0.111. The number of hydrogen-bond acceptors (Lipinski definition) is 3. The van der Waals surface area contributed by atoms with Crippen LogP contribution < -0.4 is 10.1 Å². The van der Waals surface area contributed by atoms with Crippen LogP contribution >= 0.6 is 23.2 Å². The van der Waals surface area contributed by atoms with Gasteiger partial charge in [0.2, 0.25) is 0 Å². The maximum Gasteiger partial charge on any atom is 0.160 e. The van der Waals surface area contributed by atoms with E-state index >= 15 is 0 Å². The number of ether oxygens (including phenoxy) is 1. The summed E-state index contributed by atoms with van der Waals surface area (Å²) in [5, 5.41) is 4.33. The van der Waals surface area contributed by atoms with Gasteiger partial charge in [-0.1, -0.05) is 91.2 Å². The fraction of sp³-hybridized carbons (Fsp3) is 0.444. The van der Waals surface area contributed by atoms with E-state index in [9.17, 15) is 4.79 Å². The molecule has 230 valence electrons. The highest BCUT2D eigenvalue weighted by molar-refractivity contribution is 6.40. The average molecular weight is 614 g/mol. The van der Waals surface area contributed by atoms with E-state index < -0.39 is 0 Å². The van der Waals surface area contributed by atoms with E-state index in [2.05, 4.69) is 53.4 Å². The van der Waals surface area contributed by atoms with Gasteiger partial charge in [-0.2, -0.15) is 0 Å². The van der Waals surface area contributed by atoms with Gasteiger partial charge in [0, 0.05) is 28.9 Å². The van der Waals surface area contributed by atoms with Crippen LogP contribution in [0.2, 0.25) is 10.0 Å². The van der Waals surface area contributed by atoms with Crippen molar-refractivity contribution in [3.8, 4) is 5.75 Å². The number of halogens is 2. The number of Topliss-reactive ketones (excluding diaryl/α,β-unsaturated/α-hetero) is 1. The summed E-state index contributed by atoms with van der Waals surface area (Å²) < 4.78 is 5.86. The van der Waals surface area contributed by atoms with Crippen molar-refractivity contribution < 1.29 is 9.53 Å². The molecule has 0 aliphatic carbocycles. The summed E-state index contributed by atoms with van der Waals surface area (Å²) >= 11 is 13.0. The van der Waals surface area contributed by atoms with Crippen LogP contribution in [0.3, 0.4) is 0 Å². The van der Waals surface area contributed by atoms with Crippen molar-refractivity contribution in [3.05, 3.63) is 88.1 Å². The maximum absolute atomic E-state index is 12.8. The molecule has 2 atom stereocenters. The Bertz CT molecular complexity index is 1220. The number of carbonyl (C=O) groups excluding carboxylic acids is 1. The Morgan fingerprint density at radius 2 is 1.55 bits per heavy atom. The molecule has 4 nitrogen and oxygen atoms in total. The molecule has 2 rings (SSSR count). The third kappa shape index (κ3) is 11.8. The van der Waals surface area contributed by atoms with Gasteiger partial charge < -0.3 is 10.1 Å². The smallest absolute Gasteiger partial charge is 0.160 e. The predicted octanol–water partition coefficient (Wildman–Crippen LogP) is 11.5. The molecular formula is C36H50Cl2N2O2. The highest BCUT2D eigenvalue weighted by Gasteiger charge is 2.18. The minimum absolute atomic E-state index is 0.141. The standard InChI is InChI=1S/C34H44Cl2N2O2.C2H6/c1-9-23(5)25(7)27(20-30(26(8)39)33-31(35)12-11-13-32(33)36)21-37-34(24(6)10-2)38-28-14-16-29(17-15-28)40-19-18-22(3)4;1-2/h11-17,20-24H,7,9-10,18-19H2,1-6,8H3,(H,37,38);1-2H3/b27-21-,30-20+;. The quantitative estimate of drug-likeness (QED) is 0.0998. The van der Waals surface area contributed by atoms with Crippen LogP contribution in [0.25, 0.3) is 5.57 Å². The fourth-order valence-corrected chi connectivity index (χ4v) is 4.42. The molecule has 0 fully saturated rings. The SMILES string of the molecule is C=C(C(=C\N=C(Nc1ccc(OCCC(C)C)cc1)C(C)CC)/C=C(\C(C)=O)c1c(Cl)cccc1Cl)C(C)CC.CC. The molecule has 2 unspecified atom stereocenters. The second-order valence-electron chi connectivity index (χ2n) is 10.6. The molecule has 0 radical (unpaired) electrons. The summed E-state index contributed by atoms with van der Waals surface area (Å²) in [7, 11) is 0. The minimum atomic E-state index is -0.141. The molecule has 2 aromatic rings. The summed E-state index contributed by atoms with van der Waals surface area (Å²) in [5.41, 5.74) is 3.51. The van der Waals surface area contributed by atoms with Crippen molar-refractivity contribution in [2.24, 2.45) is 22.7 Å². The highest BCUT2D eigenvalue weighted by atomic mass is 35.5. The molecule has 2 aromatic carbocycles. The van der Waals surface area contributed by atoms with Gasteiger partial charge >= 0.3 is 0 Å². The minimum Gasteiger partial charge on any atom is -0.494 e. The van der Waals surface area contributed by atoms with E-state index in [1.165, 1.54) is 6.92 Å². The van der Waals surface area contributed by atoms with Crippen LogP contribution in [0.15, 0.2) is 77.5 Å². The first kappa shape index (κ1) is 37.2. The first-order valence-corrected chi connectivity index (χ1v) is 15.9. The number of nitrogens with one attached hydrogen (secondary N) is 1. The monoisotopic (exact) mass is 612 g/mol. The molecule has 0 bridgehead atoms. The summed E-state index contributed by atoms with van der Waals surface area (Å²) in [6.45, 7) is 23.4. The maximum atomic E-state index is 12.8. The van der Waals surface area contributed by atoms with Gasteiger partial charge in [-0.05, 0) is 91.6 Å². The predicted molar refractivity (Wildman–Crippen MR) is 185 cm³/mol. The van der Waals surface area contributed by atoms with Gasteiger partial charge in [0.1, 0.15) is 11.6 Å². The van der Waals surface area contributed by atoms with Crippen LogP contribution in [-0.4, -0.2) is 18.2 Å². The van der Waals surface area contributed by atoms with Crippen LogP contribution in [0, 0.1) is 17.8 Å². The van der Waals surface area contributed by atoms with Crippen molar-refractivity contribution in [2.75, 3.05) is 11.9 Å². The first-order valence-electron chi connectivity index (χ1n) is 15.1. The Morgan fingerprint density at radius 3 is 2.05 bits per heavy atom. The molecule has 0 saturated carbocycles. The third-order valence-corrected chi connectivity index (χ3v) is 7.63. The van der Waals surface area contributed by atoms with Gasteiger partial charge in [-0.15, -0.1) is 0 Å². The van der Waals surface area contributed by atoms with Crippen LogP contribution in [0.4, 0.5) is 5.69 Å². The molecule has 1 N–H and O–H groups in total. The number of hydrogen-bond donors (Lipinski definition) is 1. The number of rotatable bonds is 14. The van der Waals surface area contributed by atoms with Crippen LogP contribution in [0.5, 0.6) is 5.75 Å². The fourth-order valence-electron chi connectivity index (χ4n) is 3.81. The number of allylic oxidation sites excluding steroid dienone is 4. The Kier molecular flexibility index (Phi) is 17.2. The van der Waals surface area contributed by atoms with Gasteiger partial charge in [0.15, 0.2) is 5.78 Å². The zero-order valence-corrected chi connectivity index (χ0v) is 28.5. The third-order valence-electron chi connectivity index (χ3n) is 7.00. The van der Waals surface area contributed by atoms with E-state index in [0.717, 1.165) is 47.7 Å². The molecular weight excluding hydrogens is 563 g/mol. The normalized spacial score (nSPS) is 13.7. The lowest BCUT2D eigenvalue weighted by atomic mass is 9.90. The first-order chi connectivity index (χ1) is 20.0. The van der Waals surface area contributed by atoms with E-state index in [-0.39, 0.29) is 17.6 Å². The average Bonchev–Trinajstić information content (AvgIpc) is 2.97. The highest BCUT2D eigenvalue weighted by Crippen LogP contribution is 2.34. The number of amidine groups is 1. The summed E-state index contributed by atoms with van der Waals surface area (Å²) in [6.07, 6.45) is 6.43. The number of benzene rings is 2. The molecule has 0 spiro atoms. The number of aliphatic imine (C=N–C) groups is 1. The summed E-state index contributed by atoms with van der Waals surface area (Å²) in [6, 6.07) is 13.2. The largest absolute Gasteiger partial charge is 0.494 e. The molecule has 0 saturated heterocycles. The molecule has 0 amide bonds. The van der Waals surface area contributed by atoms with Gasteiger partial charge in [-0.3, -0.25) is 4.79 Å². The number of carbonyl (C=O) groups is 1. The zero-order valence-electron chi connectivity index (χ0n) is 27.0. The molecule has 0 aromatic heterocycles. The molecule has 42 heavy (non-hydrogen) atoms.